The van der Waals surface area contributed by atoms with E-state index in [9.17, 15) is 4.79 Å². The van der Waals surface area contributed by atoms with E-state index in [2.05, 4.69) is 5.32 Å². The van der Waals surface area contributed by atoms with Gasteiger partial charge >= 0.3 is 0 Å². The highest BCUT2D eigenvalue weighted by molar-refractivity contribution is 5.85. The number of hydrogen-bond donors (Lipinski definition) is 2. The van der Waals surface area contributed by atoms with E-state index < -0.39 is 0 Å². The predicted octanol–water partition coefficient (Wildman–Crippen LogP) is 0.210. The quantitative estimate of drug-likeness (QED) is 0.748. The summed E-state index contributed by atoms with van der Waals surface area (Å²) in [6.45, 7) is 1.97. The SMILES string of the molecule is Cl.N[C@H]1CC[C@@H](C(=O)NC2CCOCC2)OC1. The summed E-state index contributed by atoms with van der Waals surface area (Å²) in [7, 11) is 0. The fourth-order valence-corrected chi connectivity index (χ4v) is 2.11. The molecule has 0 saturated carbocycles. The zero-order valence-corrected chi connectivity index (χ0v) is 10.7. The first-order valence-electron chi connectivity index (χ1n) is 6.01. The molecule has 2 aliphatic rings. The monoisotopic (exact) mass is 264 g/mol. The van der Waals surface area contributed by atoms with Gasteiger partial charge < -0.3 is 20.5 Å². The van der Waals surface area contributed by atoms with Crippen LogP contribution in [0.4, 0.5) is 0 Å². The van der Waals surface area contributed by atoms with Gasteiger partial charge in [-0.2, -0.15) is 0 Å². The fraction of sp³-hybridized carbons (Fsp3) is 0.909. The summed E-state index contributed by atoms with van der Waals surface area (Å²) in [6, 6.07) is 0.340. The molecule has 0 radical (unpaired) electrons. The number of nitrogens with two attached hydrogens (primary N) is 1. The maximum absolute atomic E-state index is 11.9. The van der Waals surface area contributed by atoms with Gasteiger partial charge in [0.25, 0.3) is 0 Å². The van der Waals surface area contributed by atoms with Gasteiger partial charge in [-0.05, 0) is 25.7 Å². The van der Waals surface area contributed by atoms with Gasteiger partial charge in [0, 0.05) is 25.3 Å². The second kappa shape index (κ2) is 7.16. The molecule has 2 rings (SSSR count). The molecule has 2 fully saturated rings. The maximum Gasteiger partial charge on any atom is 0.249 e. The number of carbonyl (C=O) groups is 1. The van der Waals surface area contributed by atoms with Crippen LogP contribution in [-0.2, 0) is 14.3 Å². The highest BCUT2D eigenvalue weighted by Gasteiger charge is 2.27. The number of nitrogens with one attached hydrogen (secondary N) is 1. The highest BCUT2D eigenvalue weighted by atomic mass is 35.5. The minimum atomic E-state index is -0.303. The molecular formula is C11H21ClN2O3. The Bertz CT molecular complexity index is 239. The third-order valence-corrected chi connectivity index (χ3v) is 3.17. The Balaban J connectivity index is 0.00000144. The van der Waals surface area contributed by atoms with Crippen LogP contribution in [-0.4, -0.2) is 43.9 Å². The molecule has 100 valence electrons. The summed E-state index contributed by atoms with van der Waals surface area (Å²) >= 11 is 0. The Morgan fingerprint density at radius 3 is 2.47 bits per heavy atom. The minimum absolute atomic E-state index is 0. The van der Waals surface area contributed by atoms with Crippen LogP contribution in [0.3, 0.4) is 0 Å². The van der Waals surface area contributed by atoms with Gasteiger partial charge in [0.05, 0.1) is 6.61 Å². The van der Waals surface area contributed by atoms with Crippen LogP contribution in [0.1, 0.15) is 25.7 Å². The van der Waals surface area contributed by atoms with Crippen molar-refractivity contribution in [2.75, 3.05) is 19.8 Å². The average Bonchev–Trinajstić information content (AvgIpc) is 2.31. The molecule has 0 aromatic heterocycles. The Kier molecular flexibility index (Phi) is 6.19. The van der Waals surface area contributed by atoms with E-state index in [1.807, 2.05) is 0 Å². The lowest BCUT2D eigenvalue weighted by Crippen LogP contribution is -2.48. The fourth-order valence-electron chi connectivity index (χ4n) is 2.11. The molecule has 2 atom stereocenters. The zero-order valence-electron chi connectivity index (χ0n) is 9.89. The molecule has 2 heterocycles. The molecule has 0 aliphatic carbocycles. The number of carbonyl (C=O) groups excluding carboxylic acids is 1. The average molecular weight is 265 g/mol. The van der Waals surface area contributed by atoms with E-state index in [4.69, 9.17) is 15.2 Å². The van der Waals surface area contributed by atoms with Gasteiger partial charge in [0.2, 0.25) is 5.91 Å². The Hall–Kier alpha value is -0.360. The van der Waals surface area contributed by atoms with Gasteiger partial charge in [0.15, 0.2) is 0 Å². The summed E-state index contributed by atoms with van der Waals surface area (Å²) in [5.74, 6) is 0.0128. The van der Waals surface area contributed by atoms with E-state index in [-0.39, 0.29) is 36.5 Å². The molecule has 17 heavy (non-hydrogen) atoms. The van der Waals surface area contributed by atoms with Crippen molar-refractivity contribution in [1.82, 2.24) is 5.32 Å². The van der Waals surface area contributed by atoms with Crippen molar-refractivity contribution in [2.24, 2.45) is 5.73 Å². The summed E-state index contributed by atoms with van der Waals surface area (Å²) < 4.78 is 10.7. The Morgan fingerprint density at radius 2 is 1.88 bits per heavy atom. The largest absolute Gasteiger partial charge is 0.381 e. The second-order valence-electron chi connectivity index (χ2n) is 4.55. The summed E-state index contributed by atoms with van der Waals surface area (Å²) in [6.07, 6.45) is 3.10. The van der Waals surface area contributed by atoms with Crippen LogP contribution < -0.4 is 11.1 Å². The molecule has 6 heteroatoms. The van der Waals surface area contributed by atoms with Gasteiger partial charge in [-0.15, -0.1) is 12.4 Å². The molecular weight excluding hydrogens is 244 g/mol. The van der Waals surface area contributed by atoms with E-state index in [0.29, 0.717) is 6.61 Å². The van der Waals surface area contributed by atoms with Gasteiger partial charge in [-0.1, -0.05) is 0 Å². The summed E-state index contributed by atoms with van der Waals surface area (Å²) in [4.78, 5) is 11.9. The van der Waals surface area contributed by atoms with Crippen LogP contribution in [0.25, 0.3) is 0 Å². The number of amides is 1. The first-order chi connectivity index (χ1) is 7.75. The molecule has 0 spiro atoms. The normalized spacial score (nSPS) is 30.4. The topological polar surface area (TPSA) is 73.6 Å². The molecule has 5 nitrogen and oxygen atoms in total. The van der Waals surface area contributed by atoms with E-state index in [1.54, 1.807) is 0 Å². The zero-order chi connectivity index (χ0) is 11.4. The van der Waals surface area contributed by atoms with Crippen molar-refractivity contribution in [2.45, 2.75) is 43.9 Å². The van der Waals surface area contributed by atoms with Crippen LogP contribution in [0.5, 0.6) is 0 Å². The number of ether oxygens (including phenoxy) is 2. The third kappa shape index (κ3) is 4.43. The van der Waals surface area contributed by atoms with Crippen molar-refractivity contribution in [3.8, 4) is 0 Å². The van der Waals surface area contributed by atoms with Gasteiger partial charge in [-0.25, -0.2) is 0 Å². The van der Waals surface area contributed by atoms with E-state index in [0.717, 1.165) is 38.9 Å². The van der Waals surface area contributed by atoms with Gasteiger partial charge in [-0.3, -0.25) is 4.79 Å². The van der Waals surface area contributed by atoms with Crippen molar-refractivity contribution >= 4 is 18.3 Å². The van der Waals surface area contributed by atoms with Crippen molar-refractivity contribution in [1.29, 1.82) is 0 Å². The second-order valence-corrected chi connectivity index (χ2v) is 4.55. The summed E-state index contributed by atoms with van der Waals surface area (Å²) in [5.41, 5.74) is 5.71. The predicted molar refractivity (Wildman–Crippen MR) is 66.2 cm³/mol. The minimum Gasteiger partial charge on any atom is -0.381 e. The Morgan fingerprint density at radius 1 is 1.18 bits per heavy atom. The van der Waals surface area contributed by atoms with E-state index >= 15 is 0 Å². The first kappa shape index (κ1) is 14.7. The number of halogens is 1. The molecule has 0 bridgehead atoms. The Labute approximate surface area is 108 Å². The molecule has 3 N–H and O–H groups in total. The molecule has 2 aliphatic heterocycles. The number of hydrogen-bond acceptors (Lipinski definition) is 4. The van der Waals surface area contributed by atoms with Crippen molar-refractivity contribution in [3.05, 3.63) is 0 Å². The molecule has 0 aromatic rings. The first-order valence-corrected chi connectivity index (χ1v) is 6.01. The molecule has 1 amide bonds. The van der Waals surface area contributed by atoms with Crippen molar-refractivity contribution < 1.29 is 14.3 Å². The lowest BCUT2D eigenvalue weighted by atomic mass is 10.0. The lowest BCUT2D eigenvalue weighted by molar-refractivity contribution is -0.137. The van der Waals surface area contributed by atoms with Gasteiger partial charge in [0.1, 0.15) is 6.10 Å². The van der Waals surface area contributed by atoms with Crippen LogP contribution in [0.15, 0.2) is 0 Å². The summed E-state index contributed by atoms with van der Waals surface area (Å²) in [5, 5.41) is 3.02. The van der Waals surface area contributed by atoms with Crippen LogP contribution in [0.2, 0.25) is 0 Å². The maximum atomic E-state index is 11.9. The van der Waals surface area contributed by atoms with Crippen molar-refractivity contribution in [3.63, 3.8) is 0 Å². The molecule has 2 saturated heterocycles. The van der Waals surface area contributed by atoms with E-state index in [1.165, 1.54) is 0 Å². The molecule has 0 aromatic carbocycles. The number of rotatable bonds is 2. The third-order valence-electron chi connectivity index (χ3n) is 3.17. The smallest absolute Gasteiger partial charge is 0.249 e. The highest BCUT2D eigenvalue weighted by Crippen LogP contribution is 2.13. The van der Waals surface area contributed by atoms with Crippen LogP contribution in [0, 0.1) is 0 Å². The molecule has 0 unspecified atom stereocenters. The lowest BCUT2D eigenvalue weighted by Gasteiger charge is -2.29. The van der Waals surface area contributed by atoms with Crippen LogP contribution >= 0.6 is 12.4 Å². The standard InChI is InChI=1S/C11H20N2O3.ClH/c12-8-1-2-10(16-7-8)11(14)13-9-3-5-15-6-4-9;/h8-10H,1-7,12H2,(H,13,14);1H/t8-,10-;/m0./s1.